The highest BCUT2D eigenvalue weighted by Crippen LogP contribution is 2.36. The first kappa shape index (κ1) is 14.6. The minimum Gasteiger partial charge on any atom is -0.113 e. The maximum absolute atomic E-state index is 6.72. The van der Waals surface area contributed by atoms with E-state index in [0.717, 1.165) is 22.9 Å². The largest absolute Gasteiger partial charge is 0.113 e. The second-order valence-electron chi connectivity index (χ2n) is 4.62. The number of halogens is 2. The summed E-state index contributed by atoms with van der Waals surface area (Å²) in [5, 5.41) is -0.1000. The Kier molecular flexibility index (Phi) is 5.06. The fourth-order valence-electron chi connectivity index (χ4n) is 2.27. The molecule has 0 aliphatic carbocycles. The molecule has 0 aliphatic rings. The van der Waals surface area contributed by atoms with Gasteiger partial charge in [0.15, 0.2) is 0 Å². The standard InChI is InChI=1S/C17H18BrCl/c1-3-12-9-10-13(4-2)15(11-12)17(19)14-7-5-6-8-16(14)18/h5-11,17H,3-4H2,1-2H3. The molecular weight excluding hydrogens is 320 g/mol. The van der Waals surface area contributed by atoms with Gasteiger partial charge in [0.2, 0.25) is 0 Å². The quantitative estimate of drug-likeness (QED) is 0.609. The highest BCUT2D eigenvalue weighted by Gasteiger charge is 2.16. The zero-order valence-electron chi connectivity index (χ0n) is 11.3. The van der Waals surface area contributed by atoms with E-state index in [9.17, 15) is 0 Å². The summed E-state index contributed by atoms with van der Waals surface area (Å²) in [6.45, 7) is 4.35. The van der Waals surface area contributed by atoms with E-state index in [-0.39, 0.29) is 5.38 Å². The second-order valence-corrected chi connectivity index (χ2v) is 5.92. The van der Waals surface area contributed by atoms with Gasteiger partial charge in [-0.25, -0.2) is 0 Å². The third-order valence-electron chi connectivity index (χ3n) is 3.45. The van der Waals surface area contributed by atoms with Crippen molar-refractivity contribution < 1.29 is 0 Å². The van der Waals surface area contributed by atoms with Crippen molar-refractivity contribution in [1.29, 1.82) is 0 Å². The van der Waals surface area contributed by atoms with Crippen LogP contribution in [0.1, 0.15) is 41.5 Å². The van der Waals surface area contributed by atoms with Crippen LogP contribution < -0.4 is 0 Å². The molecule has 2 aromatic rings. The Balaban J connectivity index is 2.48. The van der Waals surface area contributed by atoms with E-state index in [2.05, 4.69) is 54.0 Å². The van der Waals surface area contributed by atoms with Crippen molar-refractivity contribution in [3.8, 4) is 0 Å². The zero-order valence-corrected chi connectivity index (χ0v) is 13.6. The first-order valence-corrected chi connectivity index (χ1v) is 7.90. The molecule has 0 N–H and O–H groups in total. The smallest absolute Gasteiger partial charge is 0.0849 e. The first-order valence-electron chi connectivity index (χ1n) is 6.67. The monoisotopic (exact) mass is 336 g/mol. The molecule has 0 fully saturated rings. The third kappa shape index (κ3) is 3.21. The van der Waals surface area contributed by atoms with Crippen molar-refractivity contribution in [3.63, 3.8) is 0 Å². The Morgan fingerprint density at radius 2 is 1.74 bits per heavy atom. The van der Waals surface area contributed by atoms with E-state index < -0.39 is 0 Å². The summed E-state index contributed by atoms with van der Waals surface area (Å²) >= 11 is 10.3. The molecule has 0 heterocycles. The summed E-state index contributed by atoms with van der Waals surface area (Å²) in [7, 11) is 0. The molecule has 0 spiro atoms. The maximum Gasteiger partial charge on any atom is 0.0849 e. The molecule has 2 heteroatoms. The van der Waals surface area contributed by atoms with Crippen LogP contribution >= 0.6 is 27.5 Å². The van der Waals surface area contributed by atoms with Gasteiger partial charge in [-0.3, -0.25) is 0 Å². The minimum absolute atomic E-state index is 0.1000. The average Bonchev–Trinajstić information content (AvgIpc) is 2.46. The van der Waals surface area contributed by atoms with Crippen molar-refractivity contribution in [2.24, 2.45) is 0 Å². The van der Waals surface area contributed by atoms with Gasteiger partial charge in [0.1, 0.15) is 0 Å². The van der Waals surface area contributed by atoms with Crippen molar-refractivity contribution in [2.45, 2.75) is 32.1 Å². The number of rotatable bonds is 4. The van der Waals surface area contributed by atoms with Gasteiger partial charge in [0, 0.05) is 4.47 Å². The Hall–Kier alpha value is -0.790. The van der Waals surface area contributed by atoms with Gasteiger partial charge >= 0.3 is 0 Å². The third-order valence-corrected chi connectivity index (χ3v) is 4.64. The molecule has 0 bridgehead atoms. The van der Waals surface area contributed by atoms with Crippen LogP contribution in [0.15, 0.2) is 46.9 Å². The Labute approximate surface area is 128 Å². The summed E-state index contributed by atoms with van der Waals surface area (Å²) < 4.78 is 1.07. The van der Waals surface area contributed by atoms with Crippen LogP contribution in [0, 0.1) is 0 Å². The lowest BCUT2D eigenvalue weighted by molar-refractivity contribution is 1.01. The first-order chi connectivity index (χ1) is 9.17. The fourth-order valence-corrected chi connectivity index (χ4v) is 3.31. The predicted molar refractivity (Wildman–Crippen MR) is 87.0 cm³/mol. The normalized spacial score (nSPS) is 12.4. The molecule has 1 unspecified atom stereocenters. The molecule has 0 saturated heterocycles. The molecule has 0 aromatic heterocycles. The van der Waals surface area contributed by atoms with Gasteiger partial charge in [0.25, 0.3) is 0 Å². The van der Waals surface area contributed by atoms with E-state index in [0.29, 0.717) is 0 Å². The summed E-state index contributed by atoms with van der Waals surface area (Å²) in [5.74, 6) is 0. The van der Waals surface area contributed by atoms with Crippen LogP contribution in [-0.4, -0.2) is 0 Å². The summed E-state index contributed by atoms with van der Waals surface area (Å²) in [6.07, 6.45) is 2.05. The van der Waals surface area contributed by atoms with Crippen molar-refractivity contribution in [1.82, 2.24) is 0 Å². The zero-order chi connectivity index (χ0) is 13.8. The number of hydrogen-bond acceptors (Lipinski definition) is 0. The van der Waals surface area contributed by atoms with Crippen molar-refractivity contribution in [2.75, 3.05) is 0 Å². The van der Waals surface area contributed by atoms with E-state index in [1.807, 2.05) is 18.2 Å². The van der Waals surface area contributed by atoms with Crippen LogP contribution in [-0.2, 0) is 12.8 Å². The number of aryl methyl sites for hydroxylation is 2. The summed E-state index contributed by atoms with van der Waals surface area (Å²) in [6, 6.07) is 14.8. The molecular formula is C17H18BrCl. The van der Waals surface area contributed by atoms with Crippen LogP contribution in [0.25, 0.3) is 0 Å². The van der Waals surface area contributed by atoms with E-state index in [1.54, 1.807) is 0 Å². The number of hydrogen-bond donors (Lipinski definition) is 0. The van der Waals surface area contributed by atoms with Crippen LogP contribution in [0.3, 0.4) is 0 Å². The van der Waals surface area contributed by atoms with Gasteiger partial charge < -0.3 is 0 Å². The maximum atomic E-state index is 6.72. The Morgan fingerprint density at radius 3 is 2.37 bits per heavy atom. The highest BCUT2D eigenvalue weighted by atomic mass is 79.9. The molecule has 19 heavy (non-hydrogen) atoms. The van der Waals surface area contributed by atoms with Gasteiger partial charge in [-0.05, 0) is 41.2 Å². The molecule has 0 amide bonds. The molecule has 2 rings (SSSR count). The van der Waals surface area contributed by atoms with E-state index in [1.165, 1.54) is 16.7 Å². The molecule has 0 radical (unpaired) electrons. The van der Waals surface area contributed by atoms with Crippen LogP contribution in [0.2, 0.25) is 0 Å². The van der Waals surface area contributed by atoms with Gasteiger partial charge in [-0.2, -0.15) is 0 Å². The van der Waals surface area contributed by atoms with Crippen molar-refractivity contribution in [3.05, 3.63) is 69.2 Å². The van der Waals surface area contributed by atoms with Crippen molar-refractivity contribution >= 4 is 27.5 Å². The lowest BCUT2D eigenvalue weighted by Gasteiger charge is -2.17. The Morgan fingerprint density at radius 1 is 1.00 bits per heavy atom. The molecule has 0 nitrogen and oxygen atoms in total. The van der Waals surface area contributed by atoms with Gasteiger partial charge in [0.05, 0.1) is 5.38 Å². The fraction of sp³-hybridized carbons (Fsp3) is 0.294. The number of benzene rings is 2. The second kappa shape index (κ2) is 6.58. The van der Waals surface area contributed by atoms with Gasteiger partial charge in [-0.1, -0.05) is 66.2 Å². The molecule has 1 atom stereocenters. The molecule has 100 valence electrons. The topological polar surface area (TPSA) is 0 Å². The molecule has 2 aromatic carbocycles. The summed E-state index contributed by atoms with van der Waals surface area (Å²) in [5.41, 5.74) is 5.03. The lowest BCUT2D eigenvalue weighted by atomic mass is 9.95. The van der Waals surface area contributed by atoms with Crippen LogP contribution in [0.5, 0.6) is 0 Å². The van der Waals surface area contributed by atoms with Crippen LogP contribution in [0.4, 0.5) is 0 Å². The lowest BCUT2D eigenvalue weighted by Crippen LogP contribution is -2.00. The molecule has 0 saturated carbocycles. The minimum atomic E-state index is -0.1000. The highest BCUT2D eigenvalue weighted by molar-refractivity contribution is 9.10. The predicted octanol–water partition coefficient (Wildman–Crippen LogP) is 5.90. The average molecular weight is 338 g/mol. The molecule has 0 aliphatic heterocycles. The Bertz CT molecular complexity index is 563. The number of alkyl halides is 1. The van der Waals surface area contributed by atoms with E-state index >= 15 is 0 Å². The van der Waals surface area contributed by atoms with E-state index in [4.69, 9.17) is 11.6 Å². The summed E-state index contributed by atoms with van der Waals surface area (Å²) in [4.78, 5) is 0. The van der Waals surface area contributed by atoms with Gasteiger partial charge in [-0.15, -0.1) is 11.6 Å². The SMILES string of the molecule is CCc1ccc(CC)c(C(Cl)c2ccccc2Br)c1.